The average molecular weight is 252 g/mol. The van der Waals surface area contributed by atoms with Crippen molar-refractivity contribution in [2.45, 2.75) is 7.43 Å². The van der Waals surface area contributed by atoms with Crippen molar-refractivity contribution in [2.24, 2.45) is 0 Å². The predicted octanol–water partition coefficient (Wildman–Crippen LogP) is 1.60. The van der Waals surface area contributed by atoms with Crippen LogP contribution in [0.1, 0.15) is 7.43 Å². The maximum atomic E-state index is 4.72. The zero-order chi connectivity index (χ0) is 3.41. The van der Waals surface area contributed by atoms with Gasteiger partial charge in [0.25, 0.3) is 0 Å². The molecule has 0 spiro atoms. The van der Waals surface area contributed by atoms with Gasteiger partial charge in [-0.05, 0) is 0 Å². The van der Waals surface area contributed by atoms with Gasteiger partial charge < -0.3 is 25.3 Å². The number of rotatable bonds is 1. The second kappa shape index (κ2) is 19.1. The van der Waals surface area contributed by atoms with E-state index in [0.717, 1.165) is 0 Å². The van der Waals surface area contributed by atoms with Crippen molar-refractivity contribution in [1.82, 2.24) is 0 Å². The monoisotopic (exact) mass is 252 g/mol. The van der Waals surface area contributed by atoms with Gasteiger partial charge in [-0.1, -0.05) is 7.43 Å². The largest absolute Gasteiger partial charge is 2.00 e. The second-order valence-corrected chi connectivity index (χ2v) is 0.385. The minimum absolute atomic E-state index is 0. The van der Waals surface area contributed by atoms with E-state index in [-0.39, 0.29) is 28.5 Å². The molecule has 0 atom stereocenters. The molecule has 0 aromatic carbocycles. The van der Waals surface area contributed by atoms with Crippen LogP contribution in [-0.4, -0.2) is 0 Å². The molecule has 0 aromatic heterocycles. The maximum Gasteiger partial charge on any atom is 2.00 e. The third kappa shape index (κ3) is 30.7. The molecule has 0 radical (unpaired) electrons. The van der Waals surface area contributed by atoms with Crippen molar-refractivity contribution < 1.29 is 21.1 Å². The Labute approximate surface area is 54.2 Å². The van der Waals surface area contributed by atoms with Crippen LogP contribution in [0.4, 0.5) is 0 Å². The van der Waals surface area contributed by atoms with Gasteiger partial charge in [-0.25, -0.2) is 0 Å². The molecule has 0 heterocycles. The van der Waals surface area contributed by atoms with Gasteiger partial charge in [0.1, 0.15) is 0 Å². The zero-order valence-corrected chi connectivity index (χ0v) is 5.65. The van der Waals surface area contributed by atoms with Gasteiger partial charge in [-0.2, -0.15) is 0 Å². The molecule has 0 rings (SSSR count). The van der Waals surface area contributed by atoms with E-state index in [9.17, 15) is 0 Å². The molecule has 0 saturated heterocycles. The molecule has 1 heteroatoms. The molecule has 0 aliphatic rings. The van der Waals surface area contributed by atoms with Crippen LogP contribution in [0, 0.1) is 13.2 Å². The molecule has 0 N–H and O–H groups in total. The van der Waals surface area contributed by atoms with E-state index in [1.165, 1.54) is 12.2 Å². The zero-order valence-electron chi connectivity index (χ0n) is 2.72. The van der Waals surface area contributed by atoms with Crippen LogP contribution in [0.5, 0.6) is 0 Å². The van der Waals surface area contributed by atoms with Crippen molar-refractivity contribution in [3.63, 3.8) is 0 Å². The second-order valence-electron chi connectivity index (χ2n) is 0.385. The van der Waals surface area contributed by atoms with Crippen LogP contribution in [-0.2, 0) is 21.1 Å². The topological polar surface area (TPSA) is 0 Å². The van der Waals surface area contributed by atoms with Crippen LogP contribution >= 0.6 is 0 Å². The van der Waals surface area contributed by atoms with Crippen molar-refractivity contribution >= 4 is 0 Å². The SMILES string of the molecule is C.[CH-]=CC=[CH-].[W+2]. The van der Waals surface area contributed by atoms with E-state index < -0.39 is 0 Å². The van der Waals surface area contributed by atoms with Crippen molar-refractivity contribution in [3.8, 4) is 0 Å². The van der Waals surface area contributed by atoms with Gasteiger partial charge in [0.05, 0.1) is 0 Å². The molecular weight excluding hydrogens is 244 g/mol. The molecule has 0 amide bonds. The summed E-state index contributed by atoms with van der Waals surface area (Å²) in [7, 11) is 0. The van der Waals surface area contributed by atoms with Crippen LogP contribution in [0.25, 0.3) is 0 Å². The summed E-state index contributed by atoms with van der Waals surface area (Å²) in [6.45, 7) is 9.44. The van der Waals surface area contributed by atoms with Crippen LogP contribution in [0.2, 0.25) is 0 Å². The van der Waals surface area contributed by atoms with Gasteiger partial charge in [0.2, 0.25) is 0 Å². The first-order valence-corrected chi connectivity index (χ1v) is 1.00. The maximum absolute atomic E-state index is 4.72. The Morgan fingerprint density at radius 1 is 1.00 bits per heavy atom. The van der Waals surface area contributed by atoms with E-state index in [0.29, 0.717) is 0 Å². The molecule has 6 heavy (non-hydrogen) atoms. The predicted molar refractivity (Wildman–Crippen MR) is 24.5 cm³/mol. The summed E-state index contributed by atoms with van der Waals surface area (Å²) in [5.74, 6) is 0. The quantitative estimate of drug-likeness (QED) is 0.491. The molecule has 0 bridgehead atoms. The van der Waals surface area contributed by atoms with E-state index in [4.69, 9.17) is 13.2 Å². The normalized spacial score (nSPS) is 3.33. The van der Waals surface area contributed by atoms with Crippen molar-refractivity contribution in [1.29, 1.82) is 0 Å². The Morgan fingerprint density at radius 2 is 1.17 bits per heavy atom. The van der Waals surface area contributed by atoms with Crippen LogP contribution in [0.3, 0.4) is 0 Å². The average Bonchev–Trinajstić information content (AvgIpc) is 1.37. The minimum atomic E-state index is 0. The Balaban J connectivity index is -0.0000000450. The molecule has 0 aliphatic heterocycles. The molecular formula is C5H8W. The van der Waals surface area contributed by atoms with Gasteiger partial charge in [0, 0.05) is 0 Å². The summed E-state index contributed by atoms with van der Waals surface area (Å²) >= 11 is 0. The molecule has 34 valence electrons. The third-order valence-corrected chi connectivity index (χ3v) is 0.111. The van der Waals surface area contributed by atoms with Gasteiger partial charge in [0.15, 0.2) is 0 Å². The Bertz CT molecular complexity index is 24.9. The first-order valence-electron chi connectivity index (χ1n) is 1.00. The molecule has 0 nitrogen and oxygen atoms in total. The van der Waals surface area contributed by atoms with E-state index in [2.05, 4.69) is 0 Å². The Hall–Kier alpha value is 0.168. The van der Waals surface area contributed by atoms with Gasteiger partial charge in [-0.3, -0.25) is 0 Å². The summed E-state index contributed by atoms with van der Waals surface area (Å²) in [6.07, 6.45) is 2.56. The molecule has 0 unspecified atom stereocenters. The van der Waals surface area contributed by atoms with Gasteiger partial charge >= 0.3 is 21.1 Å². The number of allylic oxidation sites excluding steroid dienone is 2. The summed E-state index contributed by atoms with van der Waals surface area (Å²) < 4.78 is 0. The summed E-state index contributed by atoms with van der Waals surface area (Å²) in [4.78, 5) is 0. The Kier molecular flexibility index (Phi) is 52.2. The summed E-state index contributed by atoms with van der Waals surface area (Å²) in [5.41, 5.74) is 0. The first kappa shape index (κ1) is 16.4. The first-order chi connectivity index (χ1) is 1.91. The van der Waals surface area contributed by atoms with Crippen molar-refractivity contribution in [2.75, 3.05) is 0 Å². The Morgan fingerprint density at radius 3 is 1.17 bits per heavy atom. The van der Waals surface area contributed by atoms with E-state index in [1.54, 1.807) is 0 Å². The number of hydrogen-bond donors (Lipinski definition) is 0. The fraction of sp³-hybridized carbons (Fsp3) is 0.200. The van der Waals surface area contributed by atoms with E-state index in [1.807, 2.05) is 0 Å². The minimum Gasteiger partial charge on any atom is -0.394 e. The fourth-order valence-corrected chi connectivity index (χ4v) is 0. The molecule has 0 aliphatic carbocycles. The van der Waals surface area contributed by atoms with Crippen LogP contribution < -0.4 is 0 Å². The van der Waals surface area contributed by atoms with Crippen molar-refractivity contribution in [3.05, 3.63) is 25.3 Å². The summed E-state index contributed by atoms with van der Waals surface area (Å²) in [5, 5.41) is 0. The van der Waals surface area contributed by atoms with E-state index >= 15 is 0 Å². The standard InChI is InChI=1S/C4H4.CH4.W/c1-3-4-2;;/h1-4H;1H4;/q-2;;+2. The molecule has 0 saturated carbocycles. The summed E-state index contributed by atoms with van der Waals surface area (Å²) in [6, 6.07) is 0. The number of hydrogen-bond acceptors (Lipinski definition) is 0. The fourth-order valence-electron chi connectivity index (χ4n) is 0. The molecule has 0 fully saturated rings. The smallest absolute Gasteiger partial charge is 0.394 e. The van der Waals surface area contributed by atoms with Crippen LogP contribution in [0.15, 0.2) is 12.2 Å². The third-order valence-electron chi connectivity index (χ3n) is 0.111. The van der Waals surface area contributed by atoms with Gasteiger partial charge in [-0.15, -0.1) is 0 Å². The molecule has 0 aromatic rings.